The van der Waals surface area contributed by atoms with Crippen molar-refractivity contribution in [2.24, 2.45) is 0 Å². The quantitative estimate of drug-likeness (QED) is 0.764. The van der Waals surface area contributed by atoms with Crippen molar-refractivity contribution in [1.82, 2.24) is 14.3 Å². The van der Waals surface area contributed by atoms with E-state index in [9.17, 15) is 9.59 Å². The summed E-state index contributed by atoms with van der Waals surface area (Å²) in [5.74, 6) is 0.283. The fourth-order valence-electron chi connectivity index (χ4n) is 2.28. The molecule has 0 aliphatic carbocycles. The molecule has 3 rings (SSSR count). The molecule has 0 unspecified atom stereocenters. The van der Waals surface area contributed by atoms with Gasteiger partial charge in [-0.25, -0.2) is 4.98 Å². The minimum Gasteiger partial charge on any atom is -0.322 e. The van der Waals surface area contributed by atoms with E-state index in [1.807, 2.05) is 19.1 Å². The van der Waals surface area contributed by atoms with Crippen molar-refractivity contribution in [2.75, 3.05) is 5.32 Å². The number of anilines is 1. The van der Waals surface area contributed by atoms with Gasteiger partial charge in [0.2, 0.25) is 0 Å². The minimum atomic E-state index is -0.206. The van der Waals surface area contributed by atoms with Crippen LogP contribution >= 0.6 is 11.5 Å². The van der Waals surface area contributed by atoms with Gasteiger partial charge in [0, 0.05) is 28.4 Å². The van der Waals surface area contributed by atoms with E-state index in [0.717, 1.165) is 11.3 Å². The van der Waals surface area contributed by atoms with Crippen molar-refractivity contribution in [3.05, 3.63) is 63.0 Å². The van der Waals surface area contributed by atoms with Crippen LogP contribution in [0.5, 0.6) is 0 Å². The number of nitrogens with zero attached hydrogens (tertiary/aromatic N) is 2. The van der Waals surface area contributed by atoms with Crippen LogP contribution in [0.4, 0.5) is 5.69 Å². The number of carbonyl (C=O) groups excluding carboxylic acids is 1. The summed E-state index contributed by atoms with van der Waals surface area (Å²) in [6.07, 6.45) is 0.678. The highest BCUT2D eigenvalue weighted by Crippen LogP contribution is 2.20. The van der Waals surface area contributed by atoms with Gasteiger partial charge >= 0.3 is 0 Å². The average molecular weight is 340 g/mol. The number of rotatable bonds is 4. The van der Waals surface area contributed by atoms with Crippen LogP contribution in [0, 0.1) is 6.92 Å². The normalized spacial score (nSPS) is 10.6. The van der Waals surface area contributed by atoms with E-state index >= 15 is 0 Å². The van der Waals surface area contributed by atoms with Gasteiger partial charge in [-0.05, 0) is 37.0 Å². The van der Waals surface area contributed by atoms with Gasteiger partial charge in [-0.15, -0.1) is 0 Å². The number of amides is 1. The second-order valence-corrected chi connectivity index (χ2v) is 5.92. The van der Waals surface area contributed by atoms with Gasteiger partial charge in [0.1, 0.15) is 5.82 Å². The molecule has 0 saturated heterocycles. The number of hydrogen-bond donors (Lipinski definition) is 2. The summed E-state index contributed by atoms with van der Waals surface area (Å²) in [5, 5.41) is 4.57. The Kier molecular flexibility index (Phi) is 4.52. The highest BCUT2D eigenvalue weighted by Gasteiger charge is 2.12. The maximum Gasteiger partial charge on any atom is 0.258 e. The molecule has 24 heavy (non-hydrogen) atoms. The zero-order valence-electron chi connectivity index (χ0n) is 13.3. The standard InChI is InChI=1S/C17H16N4O2S/c1-3-12-8-15(22)20-16(18-12)11-5-4-6-13(7-11)19-17(23)14-9-24-21-10(14)2/h4-9H,3H2,1-2H3,(H,19,23)(H,18,20,22). The van der Waals surface area contributed by atoms with Crippen LogP contribution in [-0.2, 0) is 6.42 Å². The smallest absolute Gasteiger partial charge is 0.258 e. The number of benzene rings is 1. The van der Waals surface area contributed by atoms with Crippen molar-refractivity contribution in [3.8, 4) is 11.4 Å². The lowest BCUT2D eigenvalue weighted by atomic mass is 10.1. The van der Waals surface area contributed by atoms with E-state index in [1.54, 1.807) is 24.4 Å². The first kappa shape index (κ1) is 16.1. The molecule has 0 fully saturated rings. The first-order valence-corrected chi connectivity index (χ1v) is 8.33. The van der Waals surface area contributed by atoms with Crippen molar-refractivity contribution >= 4 is 23.1 Å². The molecule has 7 heteroatoms. The van der Waals surface area contributed by atoms with E-state index in [2.05, 4.69) is 19.7 Å². The first-order valence-electron chi connectivity index (χ1n) is 7.50. The summed E-state index contributed by atoms with van der Waals surface area (Å²) in [5.41, 5.74) is 3.17. The monoisotopic (exact) mass is 340 g/mol. The van der Waals surface area contributed by atoms with E-state index in [1.165, 1.54) is 17.6 Å². The molecule has 2 heterocycles. The van der Waals surface area contributed by atoms with Gasteiger partial charge in [-0.1, -0.05) is 19.1 Å². The molecular weight excluding hydrogens is 324 g/mol. The molecule has 2 N–H and O–H groups in total. The predicted octanol–water partition coefficient (Wildman–Crippen LogP) is 3.02. The molecule has 0 aliphatic heterocycles. The number of H-pyrrole nitrogens is 1. The van der Waals surface area contributed by atoms with Crippen LogP contribution in [0.15, 0.2) is 40.5 Å². The number of aryl methyl sites for hydroxylation is 2. The van der Waals surface area contributed by atoms with Crippen LogP contribution in [0.3, 0.4) is 0 Å². The Labute approximate surface area is 142 Å². The third-order valence-electron chi connectivity index (χ3n) is 3.55. The van der Waals surface area contributed by atoms with Gasteiger partial charge in [-0.2, -0.15) is 4.37 Å². The van der Waals surface area contributed by atoms with Crippen molar-refractivity contribution < 1.29 is 4.79 Å². The Bertz CT molecular complexity index is 946. The molecule has 0 spiro atoms. The summed E-state index contributed by atoms with van der Waals surface area (Å²) in [6, 6.07) is 8.71. The molecule has 122 valence electrons. The molecule has 0 bridgehead atoms. The Hall–Kier alpha value is -2.80. The largest absolute Gasteiger partial charge is 0.322 e. The summed E-state index contributed by atoms with van der Waals surface area (Å²) >= 11 is 1.25. The molecule has 1 amide bonds. The molecule has 0 saturated carbocycles. The highest BCUT2D eigenvalue weighted by atomic mass is 32.1. The summed E-state index contributed by atoms with van der Waals surface area (Å²) in [7, 11) is 0. The average Bonchev–Trinajstić information content (AvgIpc) is 3.00. The Morgan fingerprint density at radius 1 is 1.33 bits per heavy atom. The number of carbonyl (C=O) groups is 1. The lowest BCUT2D eigenvalue weighted by Crippen LogP contribution is -2.13. The van der Waals surface area contributed by atoms with Crippen LogP contribution in [0.2, 0.25) is 0 Å². The molecule has 0 aliphatic rings. The summed E-state index contributed by atoms with van der Waals surface area (Å²) < 4.78 is 4.10. The van der Waals surface area contributed by atoms with Gasteiger partial charge in [0.05, 0.1) is 11.3 Å². The van der Waals surface area contributed by atoms with Gasteiger partial charge in [0.25, 0.3) is 11.5 Å². The third-order valence-corrected chi connectivity index (χ3v) is 4.27. The fraction of sp³-hybridized carbons (Fsp3) is 0.176. The predicted molar refractivity (Wildman–Crippen MR) is 94.5 cm³/mol. The third kappa shape index (κ3) is 3.41. The Morgan fingerprint density at radius 2 is 2.17 bits per heavy atom. The van der Waals surface area contributed by atoms with Crippen molar-refractivity contribution in [1.29, 1.82) is 0 Å². The number of hydrogen-bond acceptors (Lipinski definition) is 5. The molecule has 3 aromatic rings. The van der Waals surface area contributed by atoms with E-state index in [-0.39, 0.29) is 11.5 Å². The topological polar surface area (TPSA) is 87.7 Å². The van der Waals surface area contributed by atoms with Gasteiger partial charge in [0.15, 0.2) is 0 Å². The SMILES string of the molecule is CCc1cc(=O)[nH]c(-c2cccc(NC(=O)c3csnc3C)c2)n1. The van der Waals surface area contributed by atoms with Crippen molar-refractivity contribution in [2.45, 2.75) is 20.3 Å². The maximum absolute atomic E-state index is 12.3. The molecular formula is C17H16N4O2S. The number of aromatic amines is 1. The first-order chi connectivity index (χ1) is 11.6. The second-order valence-electron chi connectivity index (χ2n) is 5.29. The van der Waals surface area contributed by atoms with E-state index < -0.39 is 0 Å². The lowest BCUT2D eigenvalue weighted by Gasteiger charge is -2.07. The van der Waals surface area contributed by atoms with Crippen LogP contribution < -0.4 is 10.9 Å². The van der Waals surface area contributed by atoms with Crippen molar-refractivity contribution in [3.63, 3.8) is 0 Å². The molecule has 0 radical (unpaired) electrons. The van der Waals surface area contributed by atoms with Gasteiger partial charge < -0.3 is 10.3 Å². The molecule has 2 aromatic heterocycles. The molecule has 1 aromatic carbocycles. The van der Waals surface area contributed by atoms with E-state index in [4.69, 9.17) is 0 Å². The zero-order chi connectivity index (χ0) is 17.1. The fourth-order valence-corrected chi connectivity index (χ4v) is 2.97. The summed E-state index contributed by atoms with van der Waals surface area (Å²) in [6.45, 7) is 3.74. The second kappa shape index (κ2) is 6.76. The molecule has 0 atom stereocenters. The van der Waals surface area contributed by atoms with E-state index in [0.29, 0.717) is 29.2 Å². The minimum absolute atomic E-state index is 0.189. The van der Waals surface area contributed by atoms with Crippen LogP contribution in [-0.4, -0.2) is 20.2 Å². The highest BCUT2D eigenvalue weighted by molar-refractivity contribution is 7.04. The number of nitrogens with one attached hydrogen (secondary N) is 2. The Morgan fingerprint density at radius 3 is 2.88 bits per heavy atom. The zero-order valence-corrected chi connectivity index (χ0v) is 14.1. The van der Waals surface area contributed by atoms with Gasteiger partial charge in [-0.3, -0.25) is 9.59 Å². The molecule has 6 nitrogen and oxygen atoms in total. The summed E-state index contributed by atoms with van der Waals surface area (Å²) in [4.78, 5) is 31.2. The maximum atomic E-state index is 12.3. The van der Waals surface area contributed by atoms with Crippen LogP contribution in [0.25, 0.3) is 11.4 Å². The Balaban J connectivity index is 1.90. The lowest BCUT2D eigenvalue weighted by molar-refractivity contribution is 0.102. The van der Waals surface area contributed by atoms with Crippen LogP contribution in [0.1, 0.15) is 28.7 Å². The number of aromatic nitrogens is 3.